The highest BCUT2D eigenvalue weighted by Crippen LogP contribution is 2.77. The molecule has 0 radical (unpaired) electrons. The first kappa shape index (κ1) is 9.21. The molecule has 0 N–H and O–H groups in total. The number of hydrogen-bond donors (Lipinski definition) is 0. The Bertz CT molecular complexity index is 274. The van der Waals surface area contributed by atoms with E-state index in [9.17, 15) is 0 Å². The average Bonchev–Trinajstić information content (AvgIpc) is 2.29. The lowest BCUT2D eigenvalue weighted by Gasteiger charge is -2.58. The van der Waals surface area contributed by atoms with Crippen LogP contribution in [0.5, 0.6) is 0 Å². The molecule has 2 aliphatic heterocycles. The summed E-state index contributed by atoms with van der Waals surface area (Å²) in [6.45, 7) is 9.52. The van der Waals surface area contributed by atoms with Crippen LogP contribution in [0.1, 0.15) is 59.8 Å². The van der Waals surface area contributed by atoms with Gasteiger partial charge in [-0.05, 0) is 44.4 Å². The smallest absolute Gasteiger partial charge is 0.0753 e. The molecule has 0 aromatic rings. The minimum absolute atomic E-state index is 0.244. The molecule has 2 saturated heterocycles. The minimum atomic E-state index is 0.244. The molecule has 2 aliphatic carbocycles. The van der Waals surface area contributed by atoms with Gasteiger partial charge in [-0.3, -0.25) is 0 Å². The first-order valence-corrected chi connectivity index (χ1v) is 6.03. The van der Waals surface area contributed by atoms with Crippen LogP contribution in [-0.2, 0) is 4.74 Å². The van der Waals surface area contributed by atoms with E-state index in [0.717, 1.165) is 0 Å². The maximum absolute atomic E-state index is 6.38. The summed E-state index contributed by atoms with van der Waals surface area (Å²) < 4.78 is 6.38. The van der Waals surface area contributed by atoms with Gasteiger partial charge in [-0.2, -0.15) is 0 Å². The zero-order valence-corrected chi connectivity index (χ0v) is 9.94. The molecular formula is C13H22O. The Morgan fingerprint density at radius 2 is 1.64 bits per heavy atom. The van der Waals surface area contributed by atoms with Crippen molar-refractivity contribution in [2.45, 2.75) is 71.0 Å². The van der Waals surface area contributed by atoms with Crippen molar-refractivity contribution in [3.8, 4) is 0 Å². The van der Waals surface area contributed by atoms with E-state index in [1.54, 1.807) is 0 Å². The normalized spacial score (nSPS) is 48.9. The fourth-order valence-electron chi connectivity index (χ4n) is 4.48. The first-order valence-electron chi connectivity index (χ1n) is 6.03. The highest BCUT2D eigenvalue weighted by molar-refractivity contribution is 5.26. The van der Waals surface area contributed by atoms with Gasteiger partial charge in [0.05, 0.1) is 11.2 Å². The second-order valence-corrected chi connectivity index (χ2v) is 7.09. The van der Waals surface area contributed by atoms with Crippen molar-refractivity contribution in [2.24, 2.45) is 10.8 Å². The second kappa shape index (κ2) is 2.07. The van der Waals surface area contributed by atoms with E-state index >= 15 is 0 Å². The van der Waals surface area contributed by atoms with Crippen LogP contribution in [0.15, 0.2) is 0 Å². The summed E-state index contributed by atoms with van der Waals surface area (Å²) in [5, 5.41) is 0. The summed E-state index contributed by atoms with van der Waals surface area (Å²) in [5.74, 6) is 0. The number of ether oxygens (including phenoxy) is 1. The second-order valence-electron chi connectivity index (χ2n) is 7.09. The Morgan fingerprint density at radius 3 is 1.93 bits per heavy atom. The van der Waals surface area contributed by atoms with Gasteiger partial charge in [-0.15, -0.1) is 0 Å². The lowest BCUT2D eigenvalue weighted by atomic mass is 9.43. The van der Waals surface area contributed by atoms with E-state index in [0.29, 0.717) is 16.4 Å². The highest BCUT2D eigenvalue weighted by Gasteiger charge is 2.77. The predicted molar refractivity (Wildman–Crippen MR) is 57.2 cm³/mol. The van der Waals surface area contributed by atoms with Crippen molar-refractivity contribution in [1.29, 1.82) is 0 Å². The quantitative estimate of drug-likeness (QED) is 0.573. The van der Waals surface area contributed by atoms with Crippen molar-refractivity contribution in [1.82, 2.24) is 0 Å². The fraction of sp³-hybridized carbons (Fsp3) is 1.00. The molecule has 14 heavy (non-hydrogen) atoms. The third-order valence-electron chi connectivity index (χ3n) is 5.26. The Balaban J connectivity index is 2.01. The van der Waals surface area contributed by atoms with Crippen molar-refractivity contribution in [2.75, 3.05) is 0 Å². The molecule has 1 spiro atoms. The maximum Gasteiger partial charge on any atom is 0.0753 e. The van der Waals surface area contributed by atoms with Gasteiger partial charge in [-0.1, -0.05) is 20.8 Å². The molecule has 0 aromatic heterocycles. The molecule has 1 heteroatoms. The highest BCUT2D eigenvalue weighted by atomic mass is 16.5. The molecule has 2 bridgehead atoms. The summed E-state index contributed by atoms with van der Waals surface area (Å²) in [5.41, 5.74) is 1.46. The zero-order chi connectivity index (χ0) is 10.2. The van der Waals surface area contributed by atoms with Crippen molar-refractivity contribution in [3.05, 3.63) is 0 Å². The van der Waals surface area contributed by atoms with Crippen LogP contribution >= 0.6 is 0 Å². The predicted octanol–water partition coefficient (Wildman–Crippen LogP) is 3.52. The van der Waals surface area contributed by atoms with Crippen molar-refractivity contribution in [3.63, 3.8) is 0 Å². The molecule has 1 nitrogen and oxygen atoms in total. The molecule has 0 unspecified atom stereocenters. The Hall–Kier alpha value is -0.0400. The zero-order valence-electron chi connectivity index (χ0n) is 9.94. The third kappa shape index (κ3) is 0.743. The molecule has 0 atom stereocenters. The van der Waals surface area contributed by atoms with E-state index in [4.69, 9.17) is 4.74 Å². The van der Waals surface area contributed by atoms with Crippen LogP contribution in [-0.4, -0.2) is 11.2 Å². The minimum Gasteiger partial charge on any atom is -0.368 e. The molecule has 2 heterocycles. The van der Waals surface area contributed by atoms with Gasteiger partial charge in [0.1, 0.15) is 0 Å². The van der Waals surface area contributed by atoms with Crippen LogP contribution < -0.4 is 0 Å². The fourth-order valence-corrected chi connectivity index (χ4v) is 4.48. The van der Waals surface area contributed by atoms with Gasteiger partial charge in [0.15, 0.2) is 0 Å². The Kier molecular flexibility index (Phi) is 1.36. The summed E-state index contributed by atoms with van der Waals surface area (Å²) in [7, 11) is 0. The van der Waals surface area contributed by atoms with Crippen LogP contribution in [0.2, 0.25) is 0 Å². The molecule has 0 aromatic carbocycles. The van der Waals surface area contributed by atoms with Crippen LogP contribution in [0.4, 0.5) is 0 Å². The van der Waals surface area contributed by atoms with E-state index in [1.807, 2.05) is 0 Å². The molecule has 80 valence electrons. The Labute approximate surface area is 87.2 Å². The molecule has 4 fully saturated rings. The van der Waals surface area contributed by atoms with Crippen LogP contribution in [0.25, 0.3) is 0 Å². The van der Waals surface area contributed by atoms with Crippen molar-refractivity contribution < 1.29 is 4.74 Å². The topological polar surface area (TPSA) is 9.23 Å². The molecular weight excluding hydrogens is 172 g/mol. The lowest BCUT2D eigenvalue weighted by Crippen LogP contribution is -2.58. The van der Waals surface area contributed by atoms with Gasteiger partial charge in [0, 0.05) is 5.41 Å². The maximum atomic E-state index is 6.38. The van der Waals surface area contributed by atoms with E-state index < -0.39 is 0 Å². The van der Waals surface area contributed by atoms with Crippen LogP contribution in [0.3, 0.4) is 0 Å². The third-order valence-corrected chi connectivity index (χ3v) is 5.26. The van der Waals surface area contributed by atoms with E-state index in [1.165, 1.54) is 32.1 Å². The largest absolute Gasteiger partial charge is 0.368 e. The van der Waals surface area contributed by atoms with Crippen LogP contribution in [0, 0.1) is 10.8 Å². The first-order chi connectivity index (χ1) is 6.33. The molecule has 2 saturated carbocycles. The summed E-state index contributed by atoms with van der Waals surface area (Å²) in [6.07, 6.45) is 6.64. The molecule has 4 rings (SSSR count). The summed E-state index contributed by atoms with van der Waals surface area (Å²) in [4.78, 5) is 0. The standard InChI is InChI=1S/C13H22O/c1-10(2,3)12-8-11(4,9-12)14-13(12)6-5-7-13/h5-9H2,1-4H3. The number of hydrogen-bond acceptors (Lipinski definition) is 1. The van der Waals surface area contributed by atoms with Gasteiger partial charge in [0.25, 0.3) is 0 Å². The van der Waals surface area contributed by atoms with Crippen molar-refractivity contribution >= 4 is 0 Å². The Morgan fingerprint density at radius 1 is 1.07 bits per heavy atom. The van der Waals surface area contributed by atoms with Gasteiger partial charge in [0.2, 0.25) is 0 Å². The van der Waals surface area contributed by atoms with Gasteiger partial charge < -0.3 is 4.74 Å². The summed E-state index contributed by atoms with van der Waals surface area (Å²) >= 11 is 0. The summed E-state index contributed by atoms with van der Waals surface area (Å²) in [6, 6.07) is 0. The molecule has 0 amide bonds. The monoisotopic (exact) mass is 194 g/mol. The SMILES string of the molecule is CC12CC(C(C)(C)C)(C1)C1(CCC1)O2. The van der Waals surface area contributed by atoms with Gasteiger partial charge >= 0.3 is 0 Å². The van der Waals surface area contributed by atoms with Gasteiger partial charge in [-0.25, -0.2) is 0 Å². The van der Waals surface area contributed by atoms with E-state index in [-0.39, 0.29) is 5.60 Å². The average molecular weight is 194 g/mol. The number of rotatable bonds is 0. The lowest BCUT2D eigenvalue weighted by molar-refractivity contribution is -0.125. The molecule has 4 aliphatic rings. The van der Waals surface area contributed by atoms with E-state index in [2.05, 4.69) is 27.7 Å².